The minimum atomic E-state index is -0.209. The van der Waals surface area contributed by atoms with E-state index in [2.05, 4.69) is 22.5 Å². The molecule has 0 amide bonds. The van der Waals surface area contributed by atoms with Gasteiger partial charge in [0.1, 0.15) is 5.82 Å². The number of aliphatic imine (C=N–C) groups is 1. The van der Waals surface area contributed by atoms with Gasteiger partial charge in [-0.2, -0.15) is 0 Å². The topological polar surface area (TPSA) is 58.1 Å². The molecule has 1 aromatic rings. The Labute approximate surface area is 168 Å². The fourth-order valence-corrected chi connectivity index (χ4v) is 3.23. The van der Waals surface area contributed by atoms with Gasteiger partial charge in [0.15, 0.2) is 5.96 Å². The van der Waals surface area contributed by atoms with Crippen molar-refractivity contribution in [1.29, 1.82) is 0 Å². The Morgan fingerprint density at radius 2 is 2.07 bits per heavy atom. The largest absolute Gasteiger partial charge is 0.382 e. The molecule has 1 aliphatic heterocycles. The fraction of sp³-hybridized carbons (Fsp3) is 0.667. The first kappa shape index (κ1) is 22.6. The van der Waals surface area contributed by atoms with Crippen LogP contribution in [0.25, 0.3) is 0 Å². The van der Waals surface area contributed by atoms with Gasteiger partial charge >= 0.3 is 0 Å². The summed E-state index contributed by atoms with van der Waals surface area (Å²) in [7, 11) is 0. The summed E-state index contributed by atoms with van der Waals surface area (Å²) in [4.78, 5) is 7.11. The highest BCUT2D eigenvalue weighted by Crippen LogP contribution is 2.23. The van der Waals surface area contributed by atoms with Gasteiger partial charge in [0, 0.05) is 39.4 Å². The molecule has 158 valence electrons. The quantitative estimate of drug-likeness (QED) is 0.343. The van der Waals surface area contributed by atoms with Crippen molar-refractivity contribution in [3.05, 3.63) is 35.6 Å². The number of rotatable bonds is 11. The van der Waals surface area contributed by atoms with E-state index in [4.69, 9.17) is 14.5 Å². The Morgan fingerprint density at radius 1 is 1.25 bits per heavy atom. The Balaban J connectivity index is 1.98. The van der Waals surface area contributed by atoms with Crippen LogP contribution >= 0.6 is 0 Å². The van der Waals surface area contributed by atoms with Crippen molar-refractivity contribution >= 4 is 5.96 Å². The molecule has 1 atom stereocenters. The van der Waals surface area contributed by atoms with E-state index >= 15 is 0 Å². The molecule has 0 saturated carbocycles. The molecule has 2 rings (SSSR count). The third-order valence-electron chi connectivity index (χ3n) is 4.70. The smallest absolute Gasteiger partial charge is 0.191 e. The van der Waals surface area contributed by atoms with E-state index in [0.29, 0.717) is 19.8 Å². The summed E-state index contributed by atoms with van der Waals surface area (Å²) >= 11 is 0. The maximum Gasteiger partial charge on any atom is 0.191 e. The molecule has 1 fully saturated rings. The maximum atomic E-state index is 13.8. The molecule has 1 saturated heterocycles. The first-order valence-corrected chi connectivity index (χ1v) is 10.4. The highest BCUT2D eigenvalue weighted by molar-refractivity contribution is 5.79. The average Bonchev–Trinajstić information content (AvgIpc) is 2.71. The molecular formula is C21H35FN4O2. The SMILES string of the molecule is CCNC(=NCC(c1cccc(F)c1)N1CCOCC1)NCCCCOCC. The molecule has 7 heteroatoms. The number of nitrogens with one attached hydrogen (secondary N) is 2. The van der Waals surface area contributed by atoms with E-state index in [9.17, 15) is 4.39 Å². The molecule has 1 aromatic carbocycles. The van der Waals surface area contributed by atoms with Crippen LogP contribution in [-0.2, 0) is 9.47 Å². The molecule has 0 aliphatic carbocycles. The van der Waals surface area contributed by atoms with Gasteiger partial charge in [-0.3, -0.25) is 9.89 Å². The van der Waals surface area contributed by atoms with Crippen molar-refractivity contribution in [2.45, 2.75) is 32.7 Å². The highest BCUT2D eigenvalue weighted by Gasteiger charge is 2.23. The van der Waals surface area contributed by atoms with Crippen molar-refractivity contribution in [3.8, 4) is 0 Å². The van der Waals surface area contributed by atoms with Crippen molar-refractivity contribution in [1.82, 2.24) is 15.5 Å². The van der Waals surface area contributed by atoms with Crippen LogP contribution in [0.5, 0.6) is 0 Å². The number of ether oxygens (including phenoxy) is 2. The molecule has 2 N–H and O–H groups in total. The van der Waals surface area contributed by atoms with E-state index in [0.717, 1.165) is 63.8 Å². The maximum absolute atomic E-state index is 13.8. The predicted octanol–water partition coefficient (Wildman–Crippen LogP) is 2.57. The van der Waals surface area contributed by atoms with E-state index in [1.165, 1.54) is 6.07 Å². The van der Waals surface area contributed by atoms with E-state index < -0.39 is 0 Å². The third-order valence-corrected chi connectivity index (χ3v) is 4.70. The van der Waals surface area contributed by atoms with Crippen molar-refractivity contribution in [2.24, 2.45) is 4.99 Å². The van der Waals surface area contributed by atoms with Crippen molar-refractivity contribution in [3.63, 3.8) is 0 Å². The zero-order valence-corrected chi connectivity index (χ0v) is 17.3. The Morgan fingerprint density at radius 3 is 2.79 bits per heavy atom. The zero-order valence-electron chi connectivity index (χ0n) is 17.3. The highest BCUT2D eigenvalue weighted by atomic mass is 19.1. The normalized spacial score (nSPS) is 16.8. The number of hydrogen-bond acceptors (Lipinski definition) is 4. The first-order chi connectivity index (χ1) is 13.7. The molecule has 6 nitrogen and oxygen atoms in total. The van der Waals surface area contributed by atoms with Crippen LogP contribution in [0.1, 0.15) is 38.3 Å². The van der Waals surface area contributed by atoms with Gasteiger partial charge in [0.25, 0.3) is 0 Å². The summed E-state index contributed by atoms with van der Waals surface area (Å²) in [5.74, 6) is 0.590. The second-order valence-corrected chi connectivity index (χ2v) is 6.77. The Bertz CT molecular complexity index is 579. The van der Waals surface area contributed by atoms with Crippen molar-refractivity contribution < 1.29 is 13.9 Å². The van der Waals surface area contributed by atoms with Crippen LogP contribution in [0.2, 0.25) is 0 Å². The lowest BCUT2D eigenvalue weighted by molar-refractivity contribution is 0.0179. The van der Waals surface area contributed by atoms with Gasteiger partial charge < -0.3 is 20.1 Å². The minimum Gasteiger partial charge on any atom is -0.382 e. The number of unbranched alkanes of at least 4 members (excludes halogenated alkanes) is 1. The summed E-state index contributed by atoms with van der Waals surface area (Å²) in [5.41, 5.74) is 0.957. The van der Waals surface area contributed by atoms with Gasteiger partial charge in [-0.25, -0.2) is 4.39 Å². The first-order valence-electron chi connectivity index (χ1n) is 10.4. The van der Waals surface area contributed by atoms with Crippen LogP contribution in [0, 0.1) is 5.82 Å². The van der Waals surface area contributed by atoms with Crippen LogP contribution in [0.3, 0.4) is 0 Å². The van der Waals surface area contributed by atoms with Crippen molar-refractivity contribution in [2.75, 3.05) is 59.2 Å². The van der Waals surface area contributed by atoms with Gasteiger partial charge in [-0.15, -0.1) is 0 Å². The summed E-state index contributed by atoms with van der Waals surface area (Å²) in [6, 6.07) is 6.88. The third kappa shape index (κ3) is 8.12. The lowest BCUT2D eigenvalue weighted by Crippen LogP contribution is -2.42. The molecule has 1 aliphatic rings. The molecular weight excluding hydrogens is 359 g/mol. The van der Waals surface area contributed by atoms with E-state index in [1.54, 1.807) is 12.1 Å². The van der Waals surface area contributed by atoms with Crippen LogP contribution in [0.15, 0.2) is 29.3 Å². The molecule has 28 heavy (non-hydrogen) atoms. The molecule has 0 radical (unpaired) electrons. The minimum absolute atomic E-state index is 0.0352. The lowest BCUT2D eigenvalue weighted by Gasteiger charge is -2.34. The average molecular weight is 395 g/mol. The monoisotopic (exact) mass is 394 g/mol. The predicted molar refractivity (Wildman–Crippen MR) is 111 cm³/mol. The second kappa shape index (κ2) is 13.5. The van der Waals surface area contributed by atoms with Gasteiger partial charge in [-0.1, -0.05) is 12.1 Å². The van der Waals surface area contributed by atoms with E-state index in [-0.39, 0.29) is 11.9 Å². The lowest BCUT2D eigenvalue weighted by atomic mass is 10.0. The fourth-order valence-electron chi connectivity index (χ4n) is 3.23. The number of nitrogens with zero attached hydrogens (tertiary/aromatic N) is 2. The Kier molecular flexibility index (Phi) is 10.9. The molecule has 0 aromatic heterocycles. The molecule has 1 unspecified atom stereocenters. The molecule has 0 bridgehead atoms. The Hall–Kier alpha value is -1.70. The second-order valence-electron chi connectivity index (χ2n) is 6.77. The number of guanidine groups is 1. The number of hydrogen-bond donors (Lipinski definition) is 2. The number of benzene rings is 1. The van der Waals surface area contributed by atoms with Gasteiger partial charge in [0.05, 0.1) is 25.8 Å². The number of morpholine rings is 1. The summed E-state index contributed by atoms with van der Waals surface area (Å²) in [6.45, 7) is 10.9. The zero-order chi connectivity index (χ0) is 20.0. The van der Waals surface area contributed by atoms with Gasteiger partial charge in [0.2, 0.25) is 0 Å². The van der Waals surface area contributed by atoms with E-state index in [1.807, 2.05) is 13.0 Å². The van der Waals surface area contributed by atoms with Crippen LogP contribution < -0.4 is 10.6 Å². The standard InChI is InChI=1S/C21H35FN4O2/c1-3-23-21(24-10-5-6-13-27-4-2)25-17-20(26-11-14-28-15-12-26)18-8-7-9-19(22)16-18/h7-9,16,20H,3-6,10-15,17H2,1-2H3,(H2,23,24,25). The van der Waals surface area contributed by atoms with Crippen LogP contribution in [0.4, 0.5) is 4.39 Å². The summed E-state index contributed by atoms with van der Waals surface area (Å²) in [6.07, 6.45) is 2.06. The van der Waals surface area contributed by atoms with Crippen LogP contribution in [-0.4, -0.2) is 70.0 Å². The number of halogens is 1. The molecule has 0 spiro atoms. The summed E-state index contributed by atoms with van der Waals surface area (Å²) in [5, 5.41) is 6.68. The molecule has 1 heterocycles. The van der Waals surface area contributed by atoms with Gasteiger partial charge in [-0.05, 0) is 44.4 Å². The summed E-state index contributed by atoms with van der Waals surface area (Å²) < 4.78 is 24.6.